The summed E-state index contributed by atoms with van der Waals surface area (Å²) in [7, 11) is 1.73. The Hall–Kier alpha value is -2.47. The van der Waals surface area contributed by atoms with Crippen molar-refractivity contribution in [3.8, 4) is 0 Å². The Labute approximate surface area is 131 Å². The van der Waals surface area contributed by atoms with Crippen molar-refractivity contribution in [1.82, 2.24) is 15.1 Å². The van der Waals surface area contributed by atoms with Crippen LogP contribution in [0.15, 0.2) is 46.6 Å². The van der Waals surface area contributed by atoms with Crippen LogP contribution in [-0.2, 0) is 13.5 Å². The zero-order valence-corrected chi connectivity index (χ0v) is 12.9. The van der Waals surface area contributed by atoms with Gasteiger partial charge in [0.1, 0.15) is 0 Å². The molecule has 0 atom stereocenters. The highest BCUT2D eigenvalue weighted by atomic mass is 32.1. The lowest BCUT2D eigenvalue weighted by molar-refractivity contribution is 0.0946. The molecule has 0 unspecified atom stereocenters. The number of hydrogen-bond acceptors (Lipinski definition) is 4. The van der Waals surface area contributed by atoms with E-state index in [1.807, 2.05) is 29.6 Å². The van der Waals surface area contributed by atoms with E-state index >= 15 is 0 Å². The van der Waals surface area contributed by atoms with E-state index in [2.05, 4.69) is 10.4 Å². The van der Waals surface area contributed by atoms with E-state index in [1.54, 1.807) is 35.2 Å². The molecule has 22 heavy (non-hydrogen) atoms. The minimum Gasteiger partial charge on any atom is -0.350 e. The van der Waals surface area contributed by atoms with Crippen molar-refractivity contribution in [1.29, 1.82) is 0 Å². The largest absolute Gasteiger partial charge is 0.350 e. The second kappa shape index (κ2) is 6.11. The number of fused-ring (bicyclic) bond motifs is 1. The van der Waals surface area contributed by atoms with Gasteiger partial charge in [0.25, 0.3) is 5.91 Å². The second-order valence-electron chi connectivity index (χ2n) is 4.90. The fourth-order valence-electron chi connectivity index (χ4n) is 2.31. The van der Waals surface area contributed by atoms with Crippen LogP contribution in [0.4, 0.5) is 0 Å². The van der Waals surface area contributed by atoms with Crippen LogP contribution in [0.5, 0.6) is 0 Å². The molecule has 0 saturated carbocycles. The molecule has 1 amide bonds. The zero-order chi connectivity index (χ0) is 15.5. The molecule has 6 heteroatoms. The number of nitrogens with one attached hydrogen (secondary N) is 1. The third-order valence-electron chi connectivity index (χ3n) is 3.41. The number of carbonyl (C=O) groups is 1. The molecule has 0 bridgehead atoms. The van der Waals surface area contributed by atoms with Crippen LogP contribution in [0.1, 0.15) is 15.4 Å². The first-order chi connectivity index (χ1) is 10.7. The highest BCUT2D eigenvalue weighted by molar-refractivity contribution is 7.09. The number of aryl methyl sites for hydroxylation is 1. The van der Waals surface area contributed by atoms with Gasteiger partial charge in [-0.05, 0) is 30.0 Å². The molecule has 0 saturated heterocycles. The third-order valence-corrected chi connectivity index (χ3v) is 4.35. The quantitative estimate of drug-likeness (QED) is 0.801. The van der Waals surface area contributed by atoms with Crippen LogP contribution < -0.4 is 10.7 Å². The van der Waals surface area contributed by atoms with Crippen molar-refractivity contribution in [2.75, 3.05) is 6.54 Å². The number of amides is 1. The maximum absolute atomic E-state index is 12.4. The van der Waals surface area contributed by atoms with Crippen molar-refractivity contribution in [2.24, 2.45) is 7.05 Å². The van der Waals surface area contributed by atoms with Gasteiger partial charge in [0.05, 0.1) is 5.52 Å². The molecule has 5 nitrogen and oxygen atoms in total. The first-order valence-electron chi connectivity index (χ1n) is 6.93. The van der Waals surface area contributed by atoms with Crippen LogP contribution >= 0.6 is 11.3 Å². The molecule has 0 spiro atoms. The van der Waals surface area contributed by atoms with E-state index in [-0.39, 0.29) is 11.1 Å². The summed E-state index contributed by atoms with van der Waals surface area (Å²) < 4.78 is 1.56. The zero-order valence-electron chi connectivity index (χ0n) is 12.1. The van der Waals surface area contributed by atoms with Gasteiger partial charge in [-0.25, -0.2) is 0 Å². The number of nitrogens with zero attached hydrogens (tertiary/aromatic N) is 2. The summed E-state index contributed by atoms with van der Waals surface area (Å²) in [4.78, 5) is 25.8. The maximum atomic E-state index is 12.4. The smallest absolute Gasteiger partial charge is 0.275 e. The summed E-state index contributed by atoms with van der Waals surface area (Å²) in [5.41, 5.74) is 0.317. The molecule has 2 heterocycles. The van der Waals surface area contributed by atoms with Crippen molar-refractivity contribution in [3.63, 3.8) is 0 Å². The molecule has 0 aliphatic rings. The third kappa shape index (κ3) is 2.78. The Bertz CT molecular complexity index is 869. The molecule has 0 fully saturated rings. The monoisotopic (exact) mass is 313 g/mol. The Kier molecular flexibility index (Phi) is 4.02. The van der Waals surface area contributed by atoms with Crippen LogP contribution in [0.25, 0.3) is 10.9 Å². The van der Waals surface area contributed by atoms with Gasteiger partial charge in [0, 0.05) is 23.9 Å². The van der Waals surface area contributed by atoms with Gasteiger partial charge in [-0.15, -0.1) is 11.3 Å². The van der Waals surface area contributed by atoms with Gasteiger partial charge in [-0.1, -0.05) is 18.2 Å². The average Bonchev–Trinajstić information content (AvgIpc) is 3.04. The van der Waals surface area contributed by atoms with Crippen LogP contribution in [-0.4, -0.2) is 22.2 Å². The summed E-state index contributed by atoms with van der Waals surface area (Å²) in [6.45, 7) is 0.483. The van der Waals surface area contributed by atoms with E-state index in [0.717, 1.165) is 6.42 Å². The van der Waals surface area contributed by atoms with Gasteiger partial charge in [0.15, 0.2) is 5.69 Å². The number of aromatic nitrogens is 2. The number of rotatable bonds is 4. The predicted molar refractivity (Wildman–Crippen MR) is 87.3 cm³/mol. The second-order valence-corrected chi connectivity index (χ2v) is 5.94. The molecule has 3 aromatic rings. The maximum Gasteiger partial charge on any atom is 0.275 e. The summed E-state index contributed by atoms with van der Waals surface area (Å²) in [6.07, 6.45) is 0.747. The van der Waals surface area contributed by atoms with E-state index in [0.29, 0.717) is 17.4 Å². The average molecular weight is 313 g/mol. The van der Waals surface area contributed by atoms with Gasteiger partial charge < -0.3 is 5.32 Å². The minimum absolute atomic E-state index is 0.0626. The number of carbonyl (C=O) groups excluding carboxylic acids is 1. The predicted octanol–water partition coefficient (Wildman–Crippen LogP) is 1.97. The lowest BCUT2D eigenvalue weighted by atomic mass is 10.2. The van der Waals surface area contributed by atoms with E-state index < -0.39 is 5.91 Å². The highest BCUT2D eigenvalue weighted by Crippen LogP contribution is 2.09. The van der Waals surface area contributed by atoms with Gasteiger partial charge in [0.2, 0.25) is 5.43 Å². The Morgan fingerprint density at radius 3 is 2.86 bits per heavy atom. The summed E-state index contributed by atoms with van der Waals surface area (Å²) >= 11 is 1.65. The fraction of sp³-hybridized carbons (Fsp3) is 0.188. The Balaban J connectivity index is 1.82. The molecule has 1 aromatic carbocycles. The number of benzene rings is 1. The number of thiophene rings is 1. The van der Waals surface area contributed by atoms with Crippen LogP contribution in [0.2, 0.25) is 0 Å². The fourth-order valence-corrected chi connectivity index (χ4v) is 3.02. The molecule has 0 aliphatic carbocycles. The molecular weight excluding hydrogens is 298 g/mol. The lowest BCUT2D eigenvalue weighted by Gasteiger charge is -2.08. The Morgan fingerprint density at radius 1 is 1.27 bits per heavy atom. The van der Waals surface area contributed by atoms with Gasteiger partial charge in [-0.2, -0.15) is 5.10 Å². The van der Waals surface area contributed by atoms with E-state index in [1.165, 1.54) is 4.88 Å². The van der Waals surface area contributed by atoms with E-state index in [4.69, 9.17) is 0 Å². The lowest BCUT2D eigenvalue weighted by Crippen LogP contribution is -2.32. The molecule has 0 radical (unpaired) electrons. The first-order valence-corrected chi connectivity index (χ1v) is 7.81. The van der Waals surface area contributed by atoms with E-state index in [9.17, 15) is 9.59 Å². The van der Waals surface area contributed by atoms with Crippen LogP contribution in [0.3, 0.4) is 0 Å². The molecular formula is C16H15N3O2S. The normalized spacial score (nSPS) is 10.8. The van der Waals surface area contributed by atoms with Crippen LogP contribution in [0, 0.1) is 0 Å². The van der Waals surface area contributed by atoms with Gasteiger partial charge in [-0.3, -0.25) is 14.3 Å². The molecule has 1 N–H and O–H groups in total. The first kappa shape index (κ1) is 14.5. The summed E-state index contributed by atoms with van der Waals surface area (Å²) in [5.74, 6) is -0.428. The standard InChI is InChI=1S/C16H15N3O2S/c1-19-13-7-3-2-6-12(13)15(20)14(18-19)16(21)17-9-8-11-5-4-10-22-11/h2-7,10H,8-9H2,1H3,(H,17,21). The summed E-state index contributed by atoms with van der Waals surface area (Å²) in [5, 5.41) is 9.37. The topological polar surface area (TPSA) is 64.0 Å². The van der Waals surface area contributed by atoms with Gasteiger partial charge >= 0.3 is 0 Å². The molecule has 3 rings (SSSR count). The SMILES string of the molecule is Cn1nc(C(=O)NCCc2cccs2)c(=O)c2ccccc21. The summed E-state index contributed by atoms with van der Waals surface area (Å²) in [6, 6.07) is 11.1. The van der Waals surface area contributed by atoms with Crippen molar-refractivity contribution in [2.45, 2.75) is 6.42 Å². The van der Waals surface area contributed by atoms with Crippen molar-refractivity contribution in [3.05, 3.63) is 62.6 Å². The van der Waals surface area contributed by atoms with Crippen molar-refractivity contribution < 1.29 is 4.79 Å². The highest BCUT2D eigenvalue weighted by Gasteiger charge is 2.15. The molecule has 112 valence electrons. The van der Waals surface area contributed by atoms with Crippen molar-refractivity contribution >= 4 is 28.1 Å². The molecule has 0 aliphatic heterocycles. The number of para-hydroxylation sites is 1. The molecule has 2 aromatic heterocycles. The minimum atomic E-state index is -0.428. The number of hydrogen-bond donors (Lipinski definition) is 1. The Morgan fingerprint density at radius 2 is 2.09 bits per heavy atom.